The monoisotopic (exact) mass is 469 g/mol. The van der Waals surface area contributed by atoms with E-state index in [-0.39, 0.29) is 23.5 Å². The Balaban J connectivity index is 1.22. The molecule has 6 rings (SSSR count). The number of rotatable bonds is 6. The molecule has 0 aromatic heterocycles. The van der Waals surface area contributed by atoms with E-state index in [1.54, 1.807) is 43.5 Å². The van der Waals surface area contributed by atoms with Crippen molar-refractivity contribution in [1.29, 1.82) is 0 Å². The van der Waals surface area contributed by atoms with Gasteiger partial charge in [0.1, 0.15) is 5.75 Å². The molecule has 0 heterocycles. The van der Waals surface area contributed by atoms with Gasteiger partial charge in [-0.15, -0.1) is 0 Å². The highest BCUT2D eigenvalue weighted by Crippen LogP contribution is 2.84. The lowest BCUT2D eigenvalue weighted by Crippen LogP contribution is -2.59. The third-order valence-electron chi connectivity index (χ3n) is 8.94. The molecule has 1 N–H and O–H groups in total. The van der Waals surface area contributed by atoms with Crippen LogP contribution in [0.1, 0.15) is 48.0 Å². The number of ether oxygens (including phenoxy) is 1. The molecule has 1 spiro atoms. The largest absolute Gasteiger partial charge is 0.495 e. The van der Waals surface area contributed by atoms with Crippen molar-refractivity contribution in [3.05, 3.63) is 57.6 Å². The average molecular weight is 470 g/mol. The van der Waals surface area contributed by atoms with Crippen molar-refractivity contribution >= 4 is 40.6 Å². The third-order valence-corrected chi connectivity index (χ3v) is 9.68. The van der Waals surface area contributed by atoms with E-state index in [1.807, 2.05) is 0 Å². The van der Waals surface area contributed by atoms with Crippen molar-refractivity contribution in [2.24, 2.45) is 28.6 Å². The minimum atomic E-state index is -0.244. The molecule has 4 saturated carbocycles. The van der Waals surface area contributed by atoms with Crippen LogP contribution in [0.15, 0.2) is 36.4 Å². The van der Waals surface area contributed by atoms with Crippen LogP contribution in [-0.2, 0) is 11.2 Å². The Morgan fingerprint density at radius 1 is 1.03 bits per heavy atom. The van der Waals surface area contributed by atoms with Gasteiger partial charge in [0.15, 0.2) is 5.78 Å². The summed E-state index contributed by atoms with van der Waals surface area (Å²) in [5.41, 5.74) is 2.13. The average Bonchev–Trinajstić information content (AvgIpc) is 3.25. The van der Waals surface area contributed by atoms with Crippen molar-refractivity contribution in [2.45, 2.75) is 38.5 Å². The van der Waals surface area contributed by atoms with E-state index in [0.29, 0.717) is 32.5 Å². The van der Waals surface area contributed by atoms with Crippen molar-refractivity contribution in [3.8, 4) is 5.75 Å². The zero-order valence-corrected chi connectivity index (χ0v) is 19.4. The standard InChI is InChI=1S/C26H25Cl2NO3/c1-32-23-5-3-15(22(30)7-14-2-4-19(27)20(28)6-14)8-21(23)29-24(31)25-11-17-9-16-10-18(12-25)26(16,17)13-25/h2-6,8,16-18H,7,9-13H2,1H3,(H,29,31). The fourth-order valence-corrected chi connectivity index (χ4v) is 7.83. The number of carbonyl (C=O) groups excluding carboxylic acids is 2. The first kappa shape index (κ1) is 20.6. The highest BCUT2D eigenvalue weighted by molar-refractivity contribution is 6.42. The molecule has 4 aliphatic rings. The molecule has 2 bridgehead atoms. The lowest BCUT2D eigenvalue weighted by Gasteiger charge is -2.66. The van der Waals surface area contributed by atoms with Gasteiger partial charge in [0, 0.05) is 12.0 Å². The quantitative estimate of drug-likeness (QED) is 0.512. The zero-order chi connectivity index (χ0) is 22.3. The van der Waals surface area contributed by atoms with Gasteiger partial charge in [-0.2, -0.15) is 0 Å². The van der Waals surface area contributed by atoms with Gasteiger partial charge in [0.25, 0.3) is 0 Å². The van der Waals surface area contributed by atoms with Crippen molar-refractivity contribution in [1.82, 2.24) is 0 Å². The minimum absolute atomic E-state index is 0.0562. The number of methoxy groups -OCH3 is 1. The van der Waals surface area contributed by atoms with Gasteiger partial charge in [-0.05, 0) is 91.2 Å². The summed E-state index contributed by atoms with van der Waals surface area (Å²) < 4.78 is 5.49. The van der Waals surface area contributed by atoms with Crippen molar-refractivity contribution in [2.75, 3.05) is 12.4 Å². The molecule has 6 heteroatoms. The number of nitrogens with one attached hydrogen (secondary N) is 1. The van der Waals surface area contributed by atoms with Gasteiger partial charge in [-0.1, -0.05) is 29.3 Å². The molecule has 166 valence electrons. The normalized spacial score (nSPS) is 33.2. The van der Waals surface area contributed by atoms with E-state index < -0.39 is 0 Å². The third kappa shape index (κ3) is 2.75. The SMILES string of the molecule is COc1ccc(C(=O)Cc2ccc(Cl)c(Cl)c2)cc1NC(=O)C12CC3CC4CC(C1)C43C2. The van der Waals surface area contributed by atoms with Gasteiger partial charge < -0.3 is 10.1 Å². The topological polar surface area (TPSA) is 55.4 Å². The number of anilines is 1. The fraction of sp³-hybridized carbons (Fsp3) is 0.462. The molecule has 4 nitrogen and oxygen atoms in total. The van der Waals surface area contributed by atoms with Crippen LogP contribution in [0.25, 0.3) is 0 Å². The molecule has 2 aromatic rings. The smallest absolute Gasteiger partial charge is 0.230 e. The second-order valence-electron chi connectivity index (χ2n) is 10.3. The summed E-state index contributed by atoms with van der Waals surface area (Å²) in [6, 6.07) is 10.4. The highest BCUT2D eigenvalue weighted by Gasteiger charge is 2.78. The van der Waals surface area contributed by atoms with Gasteiger partial charge in [0.2, 0.25) is 5.91 Å². The van der Waals surface area contributed by atoms with Crippen LogP contribution in [0.2, 0.25) is 10.0 Å². The lowest BCUT2D eigenvalue weighted by molar-refractivity contribution is -0.177. The van der Waals surface area contributed by atoms with Crippen LogP contribution >= 0.6 is 23.2 Å². The first-order valence-corrected chi connectivity index (χ1v) is 12.1. The summed E-state index contributed by atoms with van der Waals surface area (Å²) in [7, 11) is 1.58. The van der Waals surface area contributed by atoms with Crippen LogP contribution in [0.3, 0.4) is 0 Å². The van der Waals surface area contributed by atoms with Gasteiger partial charge >= 0.3 is 0 Å². The molecule has 2 aromatic carbocycles. The predicted octanol–water partition coefficient (Wildman–Crippen LogP) is 6.19. The molecule has 2 atom stereocenters. The van der Waals surface area contributed by atoms with Crippen LogP contribution < -0.4 is 10.1 Å². The number of Topliss-reactive ketones (excluding diaryl/α,β-unsaturated/α-hetero) is 1. The summed E-state index contributed by atoms with van der Waals surface area (Å²) in [6.07, 6.45) is 5.91. The summed E-state index contributed by atoms with van der Waals surface area (Å²) in [5.74, 6) is 2.96. The first-order chi connectivity index (χ1) is 15.3. The Bertz CT molecular complexity index is 1140. The highest BCUT2D eigenvalue weighted by atomic mass is 35.5. The van der Waals surface area contributed by atoms with Gasteiger partial charge in [-0.25, -0.2) is 0 Å². The number of carbonyl (C=O) groups is 2. The van der Waals surface area contributed by atoms with Gasteiger partial charge in [-0.3, -0.25) is 9.59 Å². The number of fused-ring (bicyclic) bond motifs is 1. The van der Waals surface area contributed by atoms with Crippen molar-refractivity contribution < 1.29 is 14.3 Å². The molecular formula is C26H25Cl2NO3. The maximum absolute atomic E-state index is 13.5. The Morgan fingerprint density at radius 2 is 1.78 bits per heavy atom. The number of hydrogen-bond acceptors (Lipinski definition) is 3. The second-order valence-corrected chi connectivity index (χ2v) is 11.1. The maximum Gasteiger partial charge on any atom is 0.230 e. The molecule has 4 aliphatic carbocycles. The molecule has 4 fully saturated rings. The van der Waals surface area contributed by atoms with Crippen LogP contribution in [0, 0.1) is 28.6 Å². The summed E-state index contributed by atoms with van der Waals surface area (Å²) >= 11 is 12.1. The Kier molecular flexibility index (Phi) is 4.48. The molecule has 0 saturated heterocycles. The minimum Gasteiger partial charge on any atom is -0.495 e. The predicted molar refractivity (Wildman–Crippen MR) is 125 cm³/mol. The van der Waals surface area contributed by atoms with E-state index in [0.717, 1.165) is 42.6 Å². The van der Waals surface area contributed by atoms with E-state index in [1.165, 1.54) is 12.8 Å². The molecule has 1 amide bonds. The zero-order valence-electron chi connectivity index (χ0n) is 17.9. The second kappa shape index (κ2) is 6.98. The first-order valence-electron chi connectivity index (χ1n) is 11.3. The van der Waals surface area contributed by atoms with Crippen LogP contribution in [-0.4, -0.2) is 18.8 Å². The number of amides is 1. The summed E-state index contributed by atoms with van der Waals surface area (Å²) in [6.45, 7) is 0. The molecule has 2 unspecified atom stereocenters. The Morgan fingerprint density at radius 3 is 2.41 bits per heavy atom. The summed E-state index contributed by atoms with van der Waals surface area (Å²) in [5, 5.41) is 4.04. The molecular weight excluding hydrogens is 445 g/mol. The van der Waals surface area contributed by atoms with E-state index >= 15 is 0 Å². The number of halogens is 2. The van der Waals surface area contributed by atoms with Crippen LogP contribution in [0.5, 0.6) is 5.75 Å². The van der Waals surface area contributed by atoms with Crippen LogP contribution in [0.4, 0.5) is 5.69 Å². The molecule has 0 aliphatic heterocycles. The van der Waals surface area contributed by atoms with Gasteiger partial charge in [0.05, 0.1) is 28.3 Å². The number of ketones is 1. The van der Waals surface area contributed by atoms with E-state index in [4.69, 9.17) is 27.9 Å². The number of hydrogen-bond donors (Lipinski definition) is 1. The summed E-state index contributed by atoms with van der Waals surface area (Å²) in [4.78, 5) is 26.4. The van der Waals surface area contributed by atoms with Crippen molar-refractivity contribution in [3.63, 3.8) is 0 Å². The Labute approximate surface area is 197 Å². The molecule has 0 radical (unpaired) electrons. The van der Waals surface area contributed by atoms with E-state index in [9.17, 15) is 9.59 Å². The lowest BCUT2D eigenvalue weighted by atomic mass is 9.38. The fourth-order valence-electron chi connectivity index (χ4n) is 7.51. The molecule has 32 heavy (non-hydrogen) atoms. The maximum atomic E-state index is 13.5. The Hall–Kier alpha value is -2.04. The number of benzene rings is 2. The van der Waals surface area contributed by atoms with E-state index in [2.05, 4.69) is 5.32 Å².